The molecule has 2 heterocycles. The minimum atomic E-state index is -0.00127. The minimum Gasteiger partial charge on any atom is -0.511 e. The SMILES string of the molecule is CCCC(=NOCC/C=C/c1cccs1)C1=C(O)CC(C2CCOCC2)CC1=O. The van der Waals surface area contributed by atoms with Crippen LogP contribution in [-0.4, -0.2) is 36.4 Å². The molecule has 1 aliphatic heterocycles. The minimum absolute atomic E-state index is 0.00127. The molecule has 0 saturated carbocycles. The first-order valence-electron chi connectivity index (χ1n) is 10.6. The fourth-order valence-electron chi connectivity index (χ4n) is 4.05. The number of Topliss-reactive ketones (excluding diaryl/α,β-unsaturated/α-hetero) is 1. The third-order valence-electron chi connectivity index (χ3n) is 5.55. The zero-order valence-electron chi connectivity index (χ0n) is 17.1. The van der Waals surface area contributed by atoms with Gasteiger partial charge in [0.15, 0.2) is 5.78 Å². The third kappa shape index (κ3) is 6.28. The van der Waals surface area contributed by atoms with Crippen LogP contribution in [0.1, 0.15) is 56.7 Å². The molecule has 1 aliphatic carbocycles. The van der Waals surface area contributed by atoms with E-state index in [0.29, 0.717) is 43.1 Å². The molecule has 0 radical (unpaired) electrons. The number of carbonyl (C=O) groups excluding carboxylic acids is 1. The maximum Gasteiger partial charge on any atom is 0.168 e. The summed E-state index contributed by atoms with van der Waals surface area (Å²) in [4.78, 5) is 19.5. The van der Waals surface area contributed by atoms with E-state index in [1.165, 1.54) is 4.88 Å². The highest BCUT2D eigenvalue weighted by atomic mass is 32.1. The van der Waals surface area contributed by atoms with Gasteiger partial charge in [-0.3, -0.25) is 4.79 Å². The summed E-state index contributed by atoms with van der Waals surface area (Å²) in [7, 11) is 0. The van der Waals surface area contributed by atoms with E-state index in [4.69, 9.17) is 9.57 Å². The van der Waals surface area contributed by atoms with Gasteiger partial charge in [0.25, 0.3) is 0 Å². The Morgan fingerprint density at radius 1 is 1.34 bits per heavy atom. The van der Waals surface area contributed by atoms with Crippen molar-refractivity contribution in [2.75, 3.05) is 19.8 Å². The molecule has 1 saturated heterocycles. The monoisotopic (exact) mass is 417 g/mol. The van der Waals surface area contributed by atoms with Crippen LogP contribution in [0, 0.1) is 11.8 Å². The quantitative estimate of drug-likeness (QED) is 0.325. The first kappa shape index (κ1) is 21.8. The van der Waals surface area contributed by atoms with Crippen LogP contribution in [0.5, 0.6) is 0 Å². The molecule has 1 aromatic rings. The molecular formula is C23H31NO4S. The highest BCUT2D eigenvalue weighted by Gasteiger charge is 2.35. The standard InChI is InChI=1S/C23H31NO4S/c1-2-6-20(24-28-11-4-3-7-19-8-5-14-29-19)23-21(25)15-18(16-22(23)26)17-9-12-27-13-10-17/h3,5,7-8,14,17-18,25H,2,4,6,9-13,15-16H2,1H3/b7-3+,24-20?. The molecule has 5 nitrogen and oxygen atoms in total. The van der Waals surface area contributed by atoms with Crippen molar-refractivity contribution in [3.05, 3.63) is 39.8 Å². The average Bonchev–Trinajstić information content (AvgIpc) is 3.24. The molecule has 0 amide bonds. The number of nitrogens with zero attached hydrogens (tertiary/aromatic N) is 1. The summed E-state index contributed by atoms with van der Waals surface area (Å²) in [5, 5.41) is 16.9. The number of thiophene rings is 1. The van der Waals surface area contributed by atoms with Crippen molar-refractivity contribution in [3.8, 4) is 0 Å². The molecule has 158 valence electrons. The van der Waals surface area contributed by atoms with Gasteiger partial charge in [-0.05, 0) is 48.6 Å². The molecular weight excluding hydrogens is 386 g/mol. The van der Waals surface area contributed by atoms with Crippen LogP contribution >= 0.6 is 11.3 Å². The van der Waals surface area contributed by atoms with Gasteiger partial charge in [0.05, 0.1) is 11.3 Å². The number of oxime groups is 1. The lowest BCUT2D eigenvalue weighted by Gasteiger charge is -2.33. The molecule has 2 aliphatic rings. The van der Waals surface area contributed by atoms with Crippen molar-refractivity contribution >= 4 is 28.9 Å². The van der Waals surface area contributed by atoms with E-state index >= 15 is 0 Å². The Labute approximate surface area is 177 Å². The Morgan fingerprint density at radius 3 is 2.86 bits per heavy atom. The average molecular weight is 418 g/mol. The summed E-state index contributed by atoms with van der Waals surface area (Å²) in [6.45, 7) is 3.99. The number of allylic oxidation sites excluding steroid dienone is 2. The lowest BCUT2D eigenvalue weighted by atomic mass is 9.75. The Hall–Kier alpha value is -1.92. The Morgan fingerprint density at radius 2 is 2.17 bits per heavy atom. The molecule has 0 aromatic carbocycles. The van der Waals surface area contributed by atoms with Crippen LogP contribution < -0.4 is 0 Å². The van der Waals surface area contributed by atoms with E-state index in [1.54, 1.807) is 11.3 Å². The normalized spacial score (nSPS) is 21.9. The smallest absolute Gasteiger partial charge is 0.168 e. The summed E-state index contributed by atoms with van der Waals surface area (Å²) < 4.78 is 5.43. The number of carbonyl (C=O) groups is 1. The molecule has 1 fully saturated rings. The van der Waals surface area contributed by atoms with Crippen molar-refractivity contribution in [2.24, 2.45) is 17.0 Å². The van der Waals surface area contributed by atoms with Crippen LogP contribution in [0.3, 0.4) is 0 Å². The first-order chi connectivity index (χ1) is 14.2. The number of aliphatic hydroxyl groups is 1. The summed E-state index contributed by atoms with van der Waals surface area (Å²) in [5.74, 6) is 0.848. The molecule has 1 unspecified atom stereocenters. The third-order valence-corrected chi connectivity index (χ3v) is 6.39. The van der Waals surface area contributed by atoms with Gasteiger partial charge >= 0.3 is 0 Å². The summed E-state index contributed by atoms with van der Waals surface area (Å²) in [5.41, 5.74) is 0.979. The zero-order chi connectivity index (χ0) is 20.5. The lowest BCUT2D eigenvalue weighted by Crippen LogP contribution is -2.31. The van der Waals surface area contributed by atoms with Gasteiger partial charge < -0.3 is 14.7 Å². The van der Waals surface area contributed by atoms with Crippen LogP contribution in [0.15, 0.2) is 40.1 Å². The van der Waals surface area contributed by atoms with E-state index in [1.807, 2.05) is 18.4 Å². The van der Waals surface area contributed by atoms with Crippen LogP contribution in [0.25, 0.3) is 6.08 Å². The Bertz CT molecular complexity index is 745. The Kier molecular flexibility index (Phi) is 8.50. The summed E-state index contributed by atoms with van der Waals surface area (Å²) in [6, 6.07) is 4.09. The molecule has 1 atom stereocenters. The molecule has 0 bridgehead atoms. The highest BCUT2D eigenvalue weighted by molar-refractivity contribution is 7.10. The number of rotatable bonds is 9. The van der Waals surface area contributed by atoms with Crippen molar-refractivity contribution in [2.45, 2.75) is 51.9 Å². The number of ketones is 1. The molecule has 29 heavy (non-hydrogen) atoms. The van der Waals surface area contributed by atoms with E-state index < -0.39 is 0 Å². The predicted octanol–water partition coefficient (Wildman–Crippen LogP) is 5.54. The second-order valence-corrected chi connectivity index (χ2v) is 8.67. The fraction of sp³-hybridized carbons (Fsp3) is 0.565. The topological polar surface area (TPSA) is 68.1 Å². The van der Waals surface area contributed by atoms with Crippen molar-refractivity contribution in [3.63, 3.8) is 0 Å². The molecule has 0 spiro atoms. The van der Waals surface area contributed by atoms with Crippen molar-refractivity contribution in [1.82, 2.24) is 0 Å². The van der Waals surface area contributed by atoms with Gasteiger partial charge in [0.1, 0.15) is 12.4 Å². The number of ether oxygens (including phenoxy) is 1. The van der Waals surface area contributed by atoms with Crippen LogP contribution in [-0.2, 0) is 14.4 Å². The lowest BCUT2D eigenvalue weighted by molar-refractivity contribution is -0.117. The molecule has 1 N–H and O–H groups in total. The summed E-state index contributed by atoms with van der Waals surface area (Å²) >= 11 is 1.69. The first-order valence-corrected chi connectivity index (χ1v) is 11.5. The van der Waals surface area contributed by atoms with E-state index in [2.05, 4.69) is 23.4 Å². The van der Waals surface area contributed by atoms with Gasteiger partial charge in [-0.25, -0.2) is 0 Å². The van der Waals surface area contributed by atoms with Gasteiger partial charge in [-0.15, -0.1) is 11.3 Å². The van der Waals surface area contributed by atoms with Crippen molar-refractivity contribution < 1.29 is 19.5 Å². The zero-order valence-corrected chi connectivity index (χ0v) is 18.0. The van der Waals surface area contributed by atoms with E-state index in [9.17, 15) is 9.90 Å². The second-order valence-electron chi connectivity index (χ2n) is 7.69. The van der Waals surface area contributed by atoms with E-state index in [-0.39, 0.29) is 17.5 Å². The maximum atomic E-state index is 12.8. The van der Waals surface area contributed by atoms with Gasteiger partial charge in [0, 0.05) is 37.4 Å². The molecule has 1 aromatic heterocycles. The predicted molar refractivity (Wildman–Crippen MR) is 117 cm³/mol. The highest BCUT2D eigenvalue weighted by Crippen LogP contribution is 2.36. The summed E-state index contributed by atoms with van der Waals surface area (Å²) in [6.07, 6.45) is 9.31. The number of hydrogen-bond donors (Lipinski definition) is 1. The van der Waals surface area contributed by atoms with Crippen molar-refractivity contribution in [1.29, 1.82) is 0 Å². The van der Waals surface area contributed by atoms with Gasteiger partial charge in [0.2, 0.25) is 0 Å². The van der Waals surface area contributed by atoms with Crippen LogP contribution in [0.4, 0.5) is 0 Å². The maximum absolute atomic E-state index is 12.8. The molecule has 3 rings (SSSR count). The number of hydrogen-bond acceptors (Lipinski definition) is 6. The fourth-order valence-corrected chi connectivity index (χ4v) is 4.70. The Balaban J connectivity index is 1.59. The van der Waals surface area contributed by atoms with Gasteiger partial charge in [-0.2, -0.15) is 0 Å². The van der Waals surface area contributed by atoms with Crippen LogP contribution in [0.2, 0.25) is 0 Å². The number of aliphatic hydroxyl groups excluding tert-OH is 1. The second kappa shape index (κ2) is 11.3. The molecule has 6 heteroatoms. The largest absolute Gasteiger partial charge is 0.511 e. The van der Waals surface area contributed by atoms with E-state index in [0.717, 1.165) is 38.9 Å². The van der Waals surface area contributed by atoms with Gasteiger partial charge in [-0.1, -0.05) is 30.6 Å².